The summed E-state index contributed by atoms with van der Waals surface area (Å²) in [6.07, 6.45) is 0.364. The van der Waals surface area contributed by atoms with Crippen molar-refractivity contribution in [1.29, 1.82) is 0 Å². The Morgan fingerprint density at radius 2 is 2.06 bits per heavy atom. The van der Waals surface area contributed by atoms with E-state index >= 15 is 0 Å². The predicted molar refractivity (Wildman–Crippen MR) is 55.1 cm³/mol. The number of hydrogen-bond donors (Lipinski definition) is 0. The van der Waals surface area contributed by atoms with Crippen molar-refractivity contribution in [1.82, 2.24) is 4.98 Å². The van der Waals surface area contributed by atoms with Crippen LogP contribution in [0, 0.1) is 0 Å². The van der Waals surface area contributed by atoms with Crippen LogP contribution in [0.4, 0.5) is 13.2 Å². The molecular formula is C11H9F3N2. The smallest absolute Gasteiger partial charge is 0.263 e. The topological polar surface area (TPSA) is 25.2 Å². The summed E-state index contributed by atoms with van der Waals surface area (Å²) in [5, 5.41) is 1.01. The second-order valence-corrected chi connectivity index (χ2v) is 3.50. The predicted octanol–water partition coefficient (Wildman–Crippen LogP) is 1.48. The summed E-state index contributed by atoms with van der Waals surface area (Å²) in [5.74, 6) is 0. The molecule has 0 bridgehead atoms. The minimum absolute atomic E-state index is 0.491. The lowest BCUT2D eigenvalue weighted by Crippen LogP contribution is -2.31. The summed E-state index contributed by atoms with van der Waals surface area (Å²) in [4.78, 5) is 7.90. The van der Waals surface area contributed by atoms with Crippen molar-refractivity contribution >= 4 is 18.0 Å². The number of rotatable bonds is 0. The number of aliphatic imine (C=N–C) groups is 1. The molecule has 1 aliphatic heterocycles. The van der Waals surface area contributed by atoms with Crippen LogP contribution in [-0.2, 0) is 6.18 Å². The Hall–Kier alpha value is -1.65. The molecule has 2 rings (SSSR count). The van der Waals surface area contributed by atoms with E-state index in [4.69, 9.17) is 0 Å². The highest BCUT2D eigenvalue weighted by molar-refractivity contribution is 5.71. The van der Waals surface area contributed by atoms with E-state index in [0.717, 1.165) is 12.3 Å². The summed E-state index contributed by atoms with van der Waals surface area (Å²) < 4.78 is 37.4. The third-order valence-corrected chi connectivity index (χ3v) is 2.32. The van der Waals surface area contributed by atoms with E-state index in [0.29, 0.717) is 22.7 Å². The van der Waals surface area contributed by atoms with Gasteiger partial charge >= 0.3 is 6.18 Å². The SMILES string of the molecule is CC1=c2ncc(C(F)(F)F)cc2=CCC=N1. The average Bonchev–Trinajstić information content (AvgIpc) is 2.39. The first kappa shape index (κ1) is 10.9. The highest BCUT2D eigenvalue weighted by Crippen LogP contribution is 2.26. The zero-order valence-electron chi connectivity index (χ0n) is 8.54. The van der Waals surface area contributed by atoms with E-state index in [1.54, 1.807) is 19.2 Å². The molecule has 0 spiro atoms. The van der Waals surface area contributed by atoms with Crippen molar-refractivity contribution < 1.29 is 13.2 Å². The van der Waals surface area contributed by atoms with Gasteiger partial charge in [0.15, 0.2) is 0 Å². The Bertz CT molecular complexity index is 556. The molecule has 0 N–H and O–H groups in total. The molecule has 0 atom stereocenters. The van der Waals surface area contributed by atoms with Gasteiger partial charge in [-0.25, -0.2) is 0 Å². The molecule has 2 nitrogen and oxygen atoms in total. The van der Waals surface area contributed by atoms with Gasteiger partial charge in [-0.05, 0) is 18.2 Å². The summed E-state index contributed by atoms with van der Waals surface area (Å²) in [7, 11) is 0. The lowest BCUT2D eigenvalue weighted by Gasteiger charge is -2.05. The molecule has 0 fully saturated rings. The fraction of sp³-hybridized carbons (Fsp3) is 0.273. The number of halogens is 3. The van der Waals surface area contributed by atoms with E-state index in [2.05, 4.69) is 9.98 Å². The molecule has 0 unspecified atom stereocenters. The summed E-state index contributed by atoms with van der Waals surface area (Å²) in [6.45, 7) is 1.73. The molecule has 0 aliphatic carbocycles. The summed E-state index contributed by atoms with van der Waals surface area (Å²) >= 11 is 0. The zero-order valence-corrected chi connectivity index (χ0v) is 8.54. The third kappa shape index (κ3) is 1.98. The molecule has 0 amide bonds. The van der Waals surface area contributed by atoms with Gasteiger partial charge in [-0.3, -0.25) is 9.98 Å². The van der Waals surface area contributed by atoms with Crippen molar-refractivity contribution in [3.63, 3.8) is 0 Å². The Morgan fingerprint density at radius 1 is 1.31 bits per heavy atom. The van der Waals surface area contributed by atoms with Crippen molar-refractivity contribution in [2.45, 2.75) is 19.5 Å². The first-order valence-corrected chi connectivity index (χ1v) is 4.75. The molecule has 2 heterocycles. The van der Waals surface area contributed by atoms with Gasteiger partial charge in [0.05, 0.1) is 16.6 Å². The molecule has 84 valence electrons. The largest absolute Gasteiger partial charge is 0.417 e. The van der Waals surface area contributed by atoms with Crippen molar-refractivity contribution in [3.05, 3.63) is 28.4 Å². The maximum absolute atomic E-state index is 12.5. The van der Waals surface area contributed by atoms with E-state index < -0.39 is 11.7 Å². The third-order valence-electron chi connectivity index (χ3n) is 2.32. The molecule has 16 heavy (non-hydrogen) atoms. The normalized spacial score (nSPS) is 15.4. The number of hydrogen-bond acceptors (Lipinski definition) is 2. The average molecular weight is 226 g/mol. The van der Waals surface area contributed by atoms with E-state index in [1.165, 1.54) is 0 Å². The standard InChI is InChI=1S/C11H9F3N2/c1-7-10-8(3-2-4-15-7)5-9(6-16-10)11(12,13)14/h3-6H,2H2,1H3. The van der Waals surface area contributed by atoms with Crippen molar-refractivity contribution in [2.75, 3.05) is 0 Å². The Labute approximate surface area is 89.8 Å². The van der Waals surface area contributed by atoms with E-state index in [9.17, 15) is 13.2 Å². The number of alkyl halides is 3. The molecule has 0 saturated heterocycles. The Balaban J connectivity index is 2.71. The maximum atomic E-state index is 12.5. The van der Waals surface area contributed by atoms with Crippen LogP contribution in [0.1, 0.15) is 18.9 Å². The zero-order chi connectivity index (χ0) is 11.8. The van der Waals surface area contributed by atoms with Gasteiger partial charge in [-0.1, -0.05) is 6.08 Å². The summed E-state index contributed by atoms with van der Waals surface area (Å²) in [6, 6.07) is 1.11. The van der Waals surface area contributed by atoms with Gasteiger partial charge in [-0.2, -0.15) is 13.2 Å². The van der Waals surface area contributed by atoms with Crippen LogP contribution in [0.25, 0.3) is 11.8 Å². The van der Waals surface area contributed by atoms with Crippen LogP contribution in [-0.4, -0.2) is 11.2 Å². The van der Waals surface area contributed by atoms with Crippen LogP contribution in [0.3, 0.4) is 0 Å². The molecular weight excluding hydrogens is 217 g/mol. The number of pyridine rings is 1. The number of fused-ring (bicyclic) bond motifs is 1. The first-order chi connectivity index (χ1) is 7.48. The fourth-order valence-electron chi connectivity index (χ4n) is 1.53. The van der Waals surface area contributed by atoms with Gasteiger partial charge in [-0.15, -0.1) is 0 Å². The van der Waals surface area contributed by atoms with Crippen LogP contribution in [0.5, 0.6) is 0 Å². The monoisotopic (exact) mass is 226 g/mol. The van der Waals surface area contributed by atoms with Gasteiger partial charge in [0, 0.05) is 18.8 Å². The van der Waals surface area contributed by atoms with Crippen molar-refractivity contribution in [3.8, 4) is 0 Å². The molecule has 0 radical (unpaired) electrons. The van der Waals surface area contributed by atoms with Crippen molar-refractivity contribution in [2.24, 2.45) is 4.99 Å². The highest BCUT2D eigenvalue weighted by atomic mass is 19.4. The van der Waals surface area contributed by atoms with E-state index in [1.807, 2.05) is 0 Å². The second kappa shape index (κ2) is 3.73. The second-order valence-electron chi connectivity index (χ2n) is 3.50. The Morgan fingerprint density at radius 3 is 2.75 bits per heavy atom. The molecule has 1 aromatic rings. The minimum atomic E-state index is -4.35. The van der Waals surface area contributed by atoms with Crippen LogP contribution >= 0.6 is 0 Å². The number of aromatic nitrogens is 1. The maximum Gasteiger partial charge on any atom is 0.417 e. The molecule has 5 heteroatoms. The lowest BCUT2D eigenvalue weighted by atomic mass is 10.2. The lowest BCUT2D eigenvalue weighted by molar-refractivity contribution is -0.137. The summed E-state index contributed by atoms with van der Waals surface area (Å²) in [5.41, 5.74) is -0.0883. The molecule has 0 saturated carbocycles. The highest BCUT2D eigenvalue weighted by Gasteiger charge is 2.30. The van der Waals surface area contributed by atoms with E-state index in [-0.39, 0.29) is 0 Å². The van der Waals surface area contributed by atoms with Crippen LogP contribution in [0.2, 0.25) is 0 Å². The van der Waals surface area contributed by atoms with Gasteiger partial charge in [0.25, 0.3) is 0 Å². The molecule has 1 aliphatic rings. The first-order valence-electron chi connectivity index (χ1n) is 4.75. The van der Waals surface area contributed by atoms with Crippen LogP contribution < -0.4 is 10.6 Å². The van der Waals surface area contributed by atoms with Crippen LogP contribution in [0.15, 0.2) is 17.3 Å². The quantitative estimate of drug-likeness (QED) is 0.657. The molecule has 1 aromatic heterocycles. The minimum Gasteiger partial charge on any atom is -0.263 e. The number of nitrogens with zero attached hydrogens (tertiary/aromatic N) is 2. The molecule has 0 aromatic carbocycles. The van der Waals surface area contributed by atoms with Gasteiger partial charge in [0.1, 0.15) is 0 Å². The van der Waals surface area contributed by atoms with Gasteiger partial charge < -0.3 is 0 Å². The fourth-order valence-corrected chi connectivity index (χ4v) is 1.53. The Kier molecular flexibility index (Phi) is 2.53. The van der Waals surface area contributed by atoms with Gasteiger partial charge in [0.2, 0.25) is 0 Å².